The summed E-state index contributed by atoms with van der Waals surface area (Å²) < 4.78 is 29.1. The Bertz CT molecular complexity index is 1030. The first kappa shape index (κ1) is 21.2. The number of hydrogen-bond donors (Lipinski definition) is 1. The van der Waals surface area contributed by atoms with Gasteiger partial charge in [0.05, 0.1) is 11.5 Å². The molecular formula is C22H25ClN2O4S. The molecule has 0 bridgehead atoms. The highest BCUT2D eigenvalue weighted by atomic mass is 35.5. The molecule has 30 heavy (non-hydrogen) atoms. The predicted octanol–water partition coefficient (Wildman–Crippen LogP) is 4.08. The van der Waals surface area contributed by atoms with Gasteiger partial charge >= 0.3 is 0 Å². The number of benzene rings is 2. The van der Waals surface area contributed by atoms with E-state index in [1.54, 1.807) is 17.0 Å². The van der Waals surface area contributed by atoms with Gasteiger partial charge in [0.1, 0.15) is 5.75 Å². The Balaban J connectivity index is 1.52. The molecule has 0 radical (unpaired) electrons. The Morgan fingerprint density at radius 2 is 1.80 bits per heavy atom. The SMILES string of the molecule is NS(=O)(=O)c1ccc(N2C[C@@H](c3ccc(Cl)cc3OCC3CCCC3)CC2=O)cc1. The first-order valence-corrected chi connectivity index (χ1v) is 12.1. The lowest BCUT2D eigenvalue weighted by Crippen LogP contribution is -2.24. The van der Waals surface area contributed by atoms with Crippen LogP contribution in [0.3, 0.4) is 0 Å². The fourth-order valence-corrected chi connectivity index (χ4v) is 5.01. The maximum atomic E-state index is 12.7. The smallest absolute Gasteiger partial charge is 0.238 e. The van der Waals surface area contributed by atoms with Crippen LogP contribution in [0.4, 0.5) is 5.69 Å². The second-order valence-corrected chi connectivity index (χ2v) is 10.1. The monoisotopic (exact) mass is 448 g/mol. The Morgan fingerprint density at radius 1 is 1.10 bits per heavy atom. The van der Waals surface area contributed by atoms with E-state index in [1.165, 1.54) is 37.8 Å². The van der Waals surface area contributed by atoms with Crippen LogP contribution in [0.25, 0.3) is 0 Å². The third-order valence-corrected chi connectivity index (χ3v) is 7.13. The lowest BCUT2D eigenvalue weighted by molar-refractivity contribution is -0.117. The van der Waals surface area contributed by atoms with Crippen LogP contribution in [0.2, 0.25) is 5.02 Å². The molecule has 160 valence electrons. The number of nitrogens with zero attached hydrogens (tertiary/aromatic N) is 1. The minimum Gasteiger partial charge on any atom is -0.493 e. The average Bonchev–Trinajstić information content (AvgIpc) is 3.35. The molecule has 2 N–H and O–H groups in total. The fraction of sp³-hybridized carbons (Fsp3) is 0.409. The van der Waals surface area contributed by atoms with Crippen molar-refractivity contribution in [1.29, 1.82) is 0 Å². The number of hydrogen-bond acceptors (Lipinski definition) is 4. The molecule has 1 saturated carbocycles. The molecular weight excluding hydrogens is 424 g/mol. The third-order valence-electron chi connectivity index (χ3n) is 5.97. The van der Waals surface area contributed by atoms with Gasteiger partial charge in [-0.05, 0) is 60.7 Å². The molecule has 1 heterocycles. The highest BCUT2D eigenvalue weighted by Gasteiger charge is 2.33. The van der Waals surface area contributed by atoms with Gasteiger partial charge in [-0.25, -0.2) is 13.6 Å². The van der Waals surface area contributed by atoms with Crippen molar-refractivity contribution in [3.05, 3.63) is 53.1 Å². The Morgan fingerprint density at radius 3 is 2.47 bits per heavy atom. The lowest BCUT2D eigenvalue weighted by atomic mass is 9.97. The molecule has 8 heteroatoms. The van der Waals surface area contributed by atoms with Crippen molar-refractivity contribution in [2.75, 3.05) is 18.1 Å². The molecule has 1 aliphatic carbocycles. The number of carbonyl (C=O) groups excluding carboxylic acids is 1. The van der Waals surface area contributed by atoms with Crippen molar-refractivity contribution in [2.24, 2.45) is 11.1 Å². The molecule has 4 rings (SSSR count). The summed E-state index contributed by atoms with van der Waals surface area (Å²) in [6.45, 7) is 1.17. The largest absolute Gasteiger partial charge is 0.493 e. The van der Waals surface area contributed by atoms with E-state index in [4.69, 9.17) is 21.5 Å². The quantitative estimate of drug-likeness (QED) is 0.721. The zero-order chi connectivity index (χ0) is 21.3. The number of amides is 1. The van der Waals surface area contributed by atoms with E-state index in [9.17, 15) is 13.2 Å². The molecule has 2 aliphatic rings. The molecule has 1 atom stereocenters. The van der Waals surface area contributed by atoms with Crippen LogP contribution in [-0.2, 0) is 14.8 Å². The van der Waals surface area contributed by atoms with Gasteiger partial charge in [0.15, 0.2) is 0 Å². The standard InChI is InChI=1S/C22H25ClN2O4S/c23-17-5-10-20(21(12-17)29-14-15-3-1-2-4-15)16-11-22(26)25(13-16)18-6-8-19(9-7-18)30(24,27)28/h5-10,12,15-16H,1-4,11,13-14H2,(H2,24,27,28)/t16-/m0/s1. The van der Waals surface area contributed by atoms with Crippen molar-refractivity contribution in [1.82, 2.24) is 0 Å². The van der Waals surface area contributed by atoms with Crippen molar-refractivity contribution >= 4 is 33.2 Å². The summed E-state index contributed by atoms with van der Waals surface area (Å²) in [4.78, 5) is 14.4. The van der Waals surface area contributed by atoms with Crippen molar-refractivity contribution in [3.8, 4) is 5.75 Å². The molecule has 6 nitrogen and oxygen atoms in total. The molecule has 1 amide bonds. The molecule has 2 aromatic rings. The Kier molecular flexibility index (Phi) is 6.04. The highest BCUT2D eigenvalue weighted by Crippen LogP contribution is 2.38. The van der Waals surface area contributed by atoms with E-state index < -0.39 is 10.0 Å². The van der Waals surface area contributed by atoms with Crippen LogP contribution >= 0.6 is 11.6 Å². The van der Waals surface area contributed by atoms with Crippen LogP contribution in [0.5, 0.6) is 5.75 Å². The van der Waals surface area contributed by atoms with E-state index in [1.807, 2.05) is 18.2 Å². The van der Waals surface area contributed by atoms with Gasteiger partial charge in [-0.15, -0.1) is 0 Å². The topological polar surface area (TPSA) is 89.7 Å². The fourth-order valence-electron chi connectivity index (χ4n) is 4.34. The van der Waals surface area contributed by atoms with E-state index in [0.29, 0.717) is 36.2 Å². The zero-order valence-electron chi connectivity index (χ0n) is 16.6. The summed E-state index contributed by atoms with van der Waals surface area (Å²) in [7, 11) is -3.77. The predicted molar refractivity (Wildman–Crippen MR) is 116 cm³/mol. The van der Waals surface area contributed by atoms with Crippen LogP contribution < -0.4 is 14.8 Å². The summed E-state index contributed by atoms with van der Waals surface area (Å²) in [5.74, 6) is 1.29. The summed E-state index contributed by atoms with van der Waals surface area (Å²) >= 11 is 6.21. The van der Waals surface area contributed by atoms with Crippen LogP contribution in [0.15, 0.2) is 47.4 Å². The van der Waals surface area contributed by atoms with Crippen molar-refractivity contribution in [3.63, 3.8) is 0 Å². The van der Waals surface area contributed by atoms with E-state index in [-0.39, 0.29) is 16.7 Å². The number of halogens is 1. The molecule has 0 unspecified atom stereocenters. The number of primary sulfonamides is 1. The summed E-state index contributed by atoms with van der Waals surface area (Å²) in [5, 5.41) is 5.77. The Labute approximate surface area is 182 Å². The van der Waals surface area contributed by atoms with Crippen LogP contribution in [0, 0.1) is 5.92 Å². The summed E-state index contributed by atoms with van der Waals surface area (Å²) in [6, 6.07) is 11.7. The van der Waals surface area contributed by atoms with Gasteiger partial charge < -0.3 is 9.64 Å². The first-order valence-electron chi connectivity index (χ1n) is 10.2. The van der Waals surface area contributed by atoms with Crippen LogP contribution in [-0.4, -0.2) is 27.5 Å². The molecule has 2 aromatic carbocycles. The van der Waals surface area contributed by atoms with E-state index >= 15 is 0 Å². The third kappa shape index (κ3) is 4.63. The number of anilines is 1. The number of ether oxygens (including phenoxy) is 1. The van der Waals surface area contributed by atoms with Crippen molar-refractivity contribution in [2.45, 2.75) is 42.9 Å². The molecule has 1 saturated heterocycles. The summed E-state index contributed by atoms with van der Waals surface area (Å²) in [5.41, 5.74) is 1.63. The normalized spacial score (nSPS) is 20.1. The van der Waals surface area contributed by atoms with E-state index in [0.717, 1.165) is 11.3 Å². The van der Waals surface area contributed by atoms with Gasteiger partial charge in [0, 0.05) is 29.6 Å². The molecule has 2 fully saturated rings. The number of carbonyl (C=O) groups is 1. The zero-order valence-corrected chi connectivity index (χ0v) is 18.2. The molecule has 1 aliphatic heterocycles. The number of nitrogens with two attached hydrogens (primary N) is 1. The van der Waals surface area contributed by atoms with Crippen molar-refractivity contribution < 1.29 is 17.9 Å². The second-order valence-electron chi connectivity index (χ2n) is 8.09. The van der Waals surface area contributed by atoms with E-state index in [2.05, 4.69) is 0 Å². The second kappa shape index (κ2) is 8.57. The van der Waals surface area contributed by atoms with Gasteiger partial charge in [0.2, 0.25) is 15.9 Å². The lowest BCUT2D eigenvalue weighted by Gasteiger charge is -2.20. The minimum atomic E-state index is -3.77. The maximum Gasteiger partial charge on any atom is 0.238 e. The van der Waals surface area contributed by atoms with Gasteiger partial charge in [0.25, 0.3) is 0 Å². The maximum absolute atomic E-state index is 12.7. The van der Waals surface area contributed by atoms with Crippen LogP contribution in [0.1, 0.15) is 43.6 Å². The highest BCUT2D eigenvalue weighted by molar-refractivity contribution is 7.89. The number of sulfonamides is 1. The Hall–Kier alpha value is -2.09. The van der Waals surface area contributed by atoms with Gasteiger partial charge in [-0.1, -0.05) is 30.5 Å². The summed E-state index contributed by atoms with van der Waals surface area (Å²) in [6.07, 6.45) is 5.26. The number of rotatable bonds is 6. The van der Waals surface area contributed by atoms with Gasteiger partial charge in [-0.2, -0.15) is 0 Å². The molecule has 0 aromatic heterocycles. The van der Waals surface area contributed by atoms with Gasteiger partial charge in [-0.3, -0.25) is 4.79 Å². The average molecular weight is 449 g/mol. The molecule has 0 spiro atoms. The first-order chi connectivity index (χ1) is 14.3. The minimum absolute atomic E-state index is 0.0138.